The van der Waals surface area contributed by atoms with Crippen molar-refractivity contribution in [3.05, 3.63) is 77.2 Å². The summed E-state index contributed by atoms with van der Waals surface area (Å²) < 4.78 is 30.6. The monoisotopic (exact) mass is 341 g/mol. The summed E-state index contributed by atoms with van der Waals surface area (Å²) in [7, 11) is -3.31. The molecule has 124 valence electrons. The van der Waals surface area contributed by atoms with E-state index >= 15 is 0 Å². The van der Waals surface area contributed by atoms with Crippen LogP contribution in [0.25, 0.3) is 11.5 Å². The first-order chi connectivity index (χ1) is 11.4. The van der Waals surface area contributed by atoms with Gasteiger partial charge in [-0.25, -0.2) is 13.4 Å². The lowest BCUT2D eigenvalue weighted by molar-refractivity contribution is 0.539. The van der Waals surface area contributed by atoms with Crippen molar-refractivity contribution in [1.82, 2.24) is 4.98 Å². The number of aromatic nitrogens is 1. The largest absolute Gasteiger partial charge is 0.441 e. The number of benzene rings is 2. The average molecular weight is 341 g/mol. The first-order valence-corrected chi connectivity index (χ1v) is 9.53. The Morgan fingerprint density at radius 2 is 1.58 bits per heavy atom. The van der Waals surface area contributed by atoms with E-state index in [1.807, 2.05) is 61.5 Å². The third-order valence-corrected chi connectivity index (χ3v) is 5.26. The topological polar surface area (TPSA) is 60.2 Å². The number of sulfone groups is 1. The van der Waals surface area contributed by atoms with Gasteiger partial charge in [-0.2, -0.15) is 0 Å². The van der Waals surface area contributed by atoms with Gasteiger partial charge < -0.3 is 4.42 Å². The van der Waals surface area contributed by atoms with E-state index in [-0.39, 0.29) is 11.5 Å². The molecule has 4 nitrogen and oxygen atoms in total. The SMILES string of the molecule is Cc1ccc(CS(=O)(=O)Cc2nc(-c3ccccc3)oc2C)cc1. The van der Waals surface area contributed by atoms with Gasteiger partial charge in [0.1, 0.15) is 5.76 Å². The molecule has 1 heterocycles. The van der Waals surface area contributed by atoms with Crippen LogP contribution in [0, 0.1) is 13.8 Å². The van der Waals surface area contributed by atoms with Crippen LogP contribution in [0.15, 0.2) is 59.0 Å². The van der Waals surface area contributed by atoms with Gasteiger partial charge in [-0.3, -0.25) is 0 Å². The van der Waals surface area contributed by atoms with Gasteiger partial charge in [0.15, 0.2) is 9.84 Å². The van der Waals surface area contributed by atoms with Crippen molar-refractivity contribution >= 4 is 9.84 Å². The van der Waals surface area contributed by atoms with E-state index in [0.29, 0.717) is 17.3 Å². The van der Waals surface area contributed by atoms with E-state index in [1.165, 1.54) is 0 Å². The molecule has 0 saturated carbocycles. The number of nitrogens with zero attached hydrogens (tertiary/aromatic N) is 1. The number of oxazole rings is 1. The Balaban J connectivity index is 1.80. The molecule has 0 bridgehead atoms. The molecule has 0 N–H and O–H groups in total. The normalized spacial score (nSPS) is 11.6. The van der Waals surface area contributed by atoms with Gasteiger partial charge in [0.2, 0.25) is 5.89 Å². The Morgan fingerprint density at radius 3 is 2.25 bits per heavy atom. The Hall–Kier alpha value is -2.40. The second-order valence-corrected chi connectivity index (χ2v) is 7.97. The average Bonchev–Trinajstić information content (AvgIpc) is 2.90. The molecule has 0 spiro atoms. The molecule has 0 saturated heterocycles. The Bertz CT molecular complexity index is 927. The lowest BCUT2D eigenvalue weighted by Crippen LogP contribution is -2.08. The number of rotatable bonds is 5. The number of aryl methyl sites for hydroxylation is 2. The minimum atomic E-state index is -3.31. The van der Waals surface area contributed by atoms with Crippen molar-refractivity contribution in [2.45, 2.75) is 25.4 Å². The maximum atomic E-state index is 12.5. The summed E-state index contributed by atoms with van der Waals surface area (Å²) in [6, 6.07) is 17.0. The molecule has 0 fully saturated rings. The van der Waals surface area contributed by atoms with E-state index in [1.54, 1.807) is 6.92 Å². The molecule has 3 aromatic rings. The molecule has 0 atom stereocenters. The molecule has 5 heteroatoms. The van der Waals surface area contributed by atoms with Crippen LogP contribution in [0.3, 0.4) is 0 Å². The highest BCUT2D eigenvalue weighted by molar-refractivity contribution is 7.89. The molecule has 2 aromatic carbocycles. The van der Waals surface area contributed by atoms with E-state index in [9.17, 15) is 8.42 Å². The van der Waals surface area contributed by atoms with Crippen molar-refractivity contribution < 1.29 is 12.8 Å². The summed E-state index contributed by atoms with van der Waals surface area (Å²) in [4.78, 5) is 4.38. The number of hydrogen-bond donors (Lipinski definition) is 0. The van der Waals surface area contributed by atoms with Crippen molar-refractivity contribution in [3.8, 4) is 11.5 Å². The minimum absolute atomic E-state index is 0.000248. The van der Waals surface area contributed by atoms with Gasteiger partial charge in [-0.05, 0) is 31.5 Å². The predicted molar refractivity (Wildman–Crippen MR) is 94.2 cm³/mol. The molecule has 0 amide bonds. The molecule has 0 unspecified atom stereocenters. The molecular formula is C19H19NO3S. The van der Waals surface area contributed by atoms with Crippen LogP contribution in [0.1, 0.15) is 22.6 Å². The summed E-state index contributed by atoms with van der Waals surface area (Å²) in [5.41, 5.74) is 3.20. The van der Waals surface area contributed by atoms with Crippen LogP contribution in [0.5, 0.6) is 0 Å². The van der Waals surface area contributed by atoms with Crippen molar-refractivity contribution in [1.29, 1.82) is 0 Å². The number of hydrogen-bond acceptors (Lipinski definition) is 4. The first kappa shape index (κ1) is 16.5. The zero-order chi connectivity index (χ0) is 17.2. The van der Waals surface area contributed by atoms with Crippen molar-refractivity contribution in [2.75, 3.05) is 0 Å². The van der Waals surface area contributed by atoms with Gasteiger partial charge in [0, 0.05) is 5.56 Å². The maximum Gasteiger partial charge on any atom is 0.226 e. The zero-order valence-electron chi connectivity index (χ0n) is 13.7. The van der Waals surface area contributed by atoms with E-state index in [4.69, 9.17) is 4.42 Å². The van der Waals surface area contributed by atoms with Gasteiger partial charge >= 0.3 is 0 Å². The summed E-state index contributed by atoms with van der Waals surface area (Å²) >= 11 is 0. The molecule has 3 rings (SSSR count). The molecule has 0 aliphatic rings. The van der Waals surface area contributed by atoms with Gasteiger partial charge in [0.05, 0.1) is 17.2 Å². The van der Waals surface area contributed by atoms with Crippen molar-refractivity contribution in [3.63, 3.8) is 0 Å². The Labute approximate surface area is 142 Å². The molecule has 0 radical (unpaired) electrons. The fourth-order valence-electron chi connectivity index (χ4n) is 2.46. The van der Waals surface area contributed by atoms with E-state index < -0.39 is 9.84 Å². The standard InChI is InChI=1S/C19H19NO3S/c1-14-8-10-16(11-9-14)12-24(21,22)13-18-15(2)23-19(20-18)17-6-4-3-5-7-17/h3-11H,12-13H2,1-2H3. The van der Waals surface area contributed by atoms with E-state index in [0.717, 1.165) is 16.7 Å². The van der Waals surface area contributed by atoms with Gasteiger partial charge in [0.25, 0.3) is 0 Å². The highest BCUT2D eigenvalue weighted by Gasteiger charge is 2.19. The van der Waals surface area contributed by atoms with Crippen LogP contribution in [0.2, 0.25) is 0 Å². The summed E-state index contributed by atoms with van der Waals surface area (Å²) in [5.74, 6) is 0.874. The van der Waals surface area contributed by atoms with Gasteiger partial charge in [-0.1, -0.05) is 48.0 Å². The fourth-order valence-corrected chi connectivity index (χ4v) is 3.95. The Kier molecular flexibility index (Phi) is 4.53. The van der Waals surface area contributed by atoms with Crippen LogP contribution in [-0.4, -0.2) is 13.4 Å². The van der Waals surface area contributed by atoms with Crippen LogP contribution < -0.4 is 0 Å². The zero-order valence-corrected chi connectivity index (χ0v) is 14.5. The quantitative estimate of drug-likeness (QED) is 0.702. The van der Waals surface area contributed by atoms with E-state index in [2.05, 4.69) is 4.98 Å². The fraction of sp³-hybridized carbons (Fsp3) is 0.211. The predicted octanol–water partition coefficient (Wildman–Crippen LogP) is 4.07. The summed E-state index contributed by atoms with van der Waals surface area (Å²) in [6.07, 6.45) is 0. The molecular weight excluding hydrogens is 322 g/mol. The molecule has 0 aliphatic heterocycles. The van der Waals surface area contributed by atoms with Crippen LogP contribution in [0.4, 0.5) is 0 Å². The van der Waals surface area contributed by atoms with Crippen molar-refractivity contribution in [2.24, 2.45) is 0 Å². The lowest BCUT2D eigenvalue weighted by Gasteiger charge is -2.04. The minimum Gasteiger partial charge on any atom is -0.441 e. The summed E-state index contributed by atoms with van der Waals surface area (Å²) in [5, 5.41) is 0. The van der Waals surface area contributed by atoms with Gasteiger partial charge in [-0.15, -0.1) is 0 Å². The third kappa shape index (κ3) is 3.92. The smallest absolute Gasteiger partial charge is 0.226 e. The second-order valence-electron chi connectivity index (χ2n) is 5.91. The lowest BCUT2D eigenvalue weighted by atomic mass is 10.2. The molecule has 0 aliphatic carbocycles. The molecule has 24 heavy (non-hydrogen) atoms. The maximum absolute atomic E-state index is 12.5. The third-order valence-electron chi connectivity index (χ3n) is 3.78. The Morgan fingerprint density at radius 1 is 0.917 bits per heavy atom. The molecule has 1 aromatic heterocycles. The van der Waals surface area contributed by atoms with Crippen LogP contribution >= 0.6 is 0 Å². The highest BCUT2D eigenvalue weighted by Crippen LogP contribution is 2.23. The first-order valence-electron chi connectivity index (χ1n) is 7.71. The highest BCUT2D eigenvalue weighted by atomic mass is 32.2. The second kappa shape index (κ2) is 6.61. The summed E-state index contributed by atoms with van der Waals surface area (Å²) in [6.45, 7) is 3.72. The van der Waals surface area contributed by atoms with Crippen LogP contribution in [-0.2, 0) is 21.3 Å².